The smallest absolute Gasteiger partial charge is 0.407 e. The zero-order valence-electron chi connectivity index (χ0n) is 18.5. The second-order valence-corrected chi connectivity index (χ2v) is 8.47. The van der Waals surface area contributed by atoms with Gasteiger partial charge in [0.15, 0.2) is 6.61 Å². The van der Waals surface area contributed by atoms with E-state index in [2.05, 4.69) is 29.6 Å². The Bertz CT molecular complexity index is 994. The molecule has 0 bridgehead atoms. The third kappa shape index (κ3) is 5.01. The molecule has 174 valence electrons. The van der Waals surface area contributed by atoms with Crippen LogP contribution in [0.5, 0.6) is 0 Å². The van der Waals surface area contributed by atoms with Gasteiger partial charge >= 0.3 is 12.1 Å². The zero-order valence-corrected chi connectivity index (χ0v) is 18.5. The van der Waals surface area contributed by atoms with Crippen LogP contribution in [0.4, 0.5) is 4.79 Å². The number of rotatable bonds is 7. The van der Waals surface area contributed by atoms with E-state index in [1.54, 1.807) is 0 Å². The summed E-state index contributed by atoms with van der Waals surface area (Å²) in [6.07, 6.45) is 2.42. The number of carboxylic acids is 1. The van der Waals surface area contributed by atoms with Crippen molar-refractivity contribution in [1.29, 1.82) is 0 Å². The number of nitrogens with zero attached hydrogens (tertiary/aromatic N) is 1. The quantitative estimate of drug-likeness (QED) is 0.623. The Labute approximate surface area is 192 Å². The number of alkyl carbamates (subject to hydrolysis) is 1. The third-order valence-corrected chi connectivity index (χ3v) is 6.42. The van der Waals surface area contributed by atoms with Crippen molar-refractivity contribution in [3.63, 3.8) is 0 Å². The summed E-state index contributed by atoms with van der Waals surface area (Å²) in [6.45, 7) is -0.397. The van der Waals surface area contributed by atoms with Gasteiger partial charge in [-0.05, 0) is 35.1 Å². The number of carbonyl (C=O) groups is 3. The lowest BCUT2D eigenvalue weighted by atomic mass is 9.84. The topological polar surface area (TPSA) is 105 Å². The molecule has 0 saturated heterocycles. The van der Waals surface area contributed by atoms with Crippen molar-refractivity contribution < 1.29 is 29.1 Å². The molecule has 2 atom stereocenters. The minimum absolute atomic E-state index is 0.0394. The van der Waals surface area contributed by atoms with Crippen molar-refractivity contribution in [2.75, 3.05) is 20.3 Å². The number of amides is 2. The average molecular weight is 453 g/mol. The fourth-order valence-corrected chi connectivity index (χ4v) is 4.84. The van der Waals surface area contributed by atoms with Crippen molar-refractivity contribution in [3.8, 4) is 11.1 Å². The van der Waals surface area contributed by atoms with E-state index < -0.39 is 30.6 Å². The molecule has 1 fully saturated rings. The minimum atomic E-state index is -1.16. The van der Waals surface area contributed by atoms with Crippen LogP contribution in [0.1, 0.15) is 42.7 Å². The molecule has 8 nitrogen and oxygen atoms in total. The summed E-state index contributed by atoms with van der Waals surface area (Å²) in [7, 11) is 1.39. The number of hydrogen-bond donors (Lipinski definition) is 2. The third-order valence-electron chi connectivity index (χ3n) is 6.42. The Morgan fingerprint density at radius 1 is 1.00 bits per heavy atom. The molecule has 2 N–H and O–H groups in total. The highest BCUT2D eigenvalue weighted by atomic mass is 16.7. The van der Waals surface area contributed by atoms with Gasteiger partial charge in [0.25, 0.3) is 5.91 Å². The van der Waals surface area contributed by atoms with Crippen molar-refractivity contribution in [1.82, 2.24) is 10.4 Å². The maximum atomic E-state index is 12.8. The average Bonchev–Trinajstić information content (AvgIpc) is 3.15. The number of hydrogen-bond acceptors (Lipinski definition) is 5. The summed E-state index contributed by atoms with van der Waals surface area (Å²) in [4.78, 5) is 41.1. The van der Waals surface area contributed by atoms with Crippen LogP contribution < -0.4 is 5.32 Å². The number of aliphatic carboxylic acids is 1. The first-order valence-corrected chi connectivity index (χ1v) is 11.2. The molecule has 0 aliphatic heterocycles. The summed E-state index contributed by atoms with van der Waals surface area (Å²) < 4.78 is 5.63. The van der Waals surface area contributed by atoms with Gasteiger partial charge in [0, 0.05) is 19.0 Å². The van der Waals surface area contributed by atoms with Crippen molar-refractivity contribution >= 4 is 18.0 Å². The van der Waals surface area contributed by atoms with E-state index in [0.29, 0.717) is 12.8 Å². The summed E-state index contributed by atoms with van der Waals surface area (Å²) in [5, 5.41) is 12.6. The monoisotopic (exact) mass is 452 g/mol. The minimum Gasteiger partial charge on any atom is -0.479 e. The molecule has 1 saturated carbocycles. The summed E-state index contributed by atoms with van der Waals surface area (Å²) >= 11 is 0. The van der Waals surface area contributed by atoms with Crippen LogP contribution in [-0.4, -0.2) is 54.4 Å². The van der Waals surface area contributed by atoms with Crippen LogP contribution in [0.2, 0.25) is 0 Å². The van der Waals surface area contributed by atoms with Gasteiger partial charge in [0.2, 0.25) is 0 Å². The van der Waals surface area contributed by atoms with Gasteiger partial charge in [-0.15, -0.1) is 0 Å². The molecule has 2 aliphatic rings. The van der Waals surface area contributed by atoms with E-state index in [1.807, 2.05) is 24.3 Å². The highest BCUT2D eigenvalue weighted by molar-refractivity contribution is 5.80. The van der Waals surface area contributed by atoms with Crippen LogP contribution in [0.3, 0.4) is 0 Å². The molecule has 0 spiro atoms. The summed E-state index contributed by atoms with van der Waals surface area (Å²) in [5.41, 5.74) is 4.58. The second-order valence-electron chi connectivity index (χ2n) is 8.47. The first-order chi connectivity index (χ1) is 16.0. The molecule has 0 radical (unpaired) electrons. The van der Waals surface area contributed by atoms with Gasteiger partial charge < -0.3 is 15.2 Å². The normalized spacial score (nSPS) is 19.3. The predicted octanol–water partition coefficient (Wildman–Crippen LogP) is 3.56. The Hall–Kier alpha value is -3.39. The van der Waals surface area contributed by atoms with Crippen LogP contribution in [0.15, 0.2) is 48.5 Å². The Morgan fingerprint density at radius 2 is 1.61 bits per heavy atom. The lowest BCUT2D eigenvalue weighted by molar-refractivity contribution is -0.190. The highest BCUT2D eigenvalue weighted by Gasteiger charge is 2.35. The Balaban J connectivity index is 1.38. The van der Waals surface area contributed by atoms with Gasteiger partial charge in [-0.25, -0.2) is 14.7 Å². The molecule has 2 aromatic carbocycles. The molecule has 2 aliphatic carbocycles. The number of fused-ring (bicyclic) bond motifs is 3. The lowest BCUT2D eigenvalue weighted by Crippen LogP contribution is -2.49. The van der Waals surface area contributed by atoms with Gasteiger partial charge in [-0.3, -0.25) is 9.63 Å². The van der Waals surface area contributed by atoms with E-state index in [0.717, 1.165) is 40.2 Å². The SMILES string of the molecule is CN(OCC(=O)O)C(=O)[C@@H]1CCCC[C@@H]1NC(=O)OCC1c2ccccc2-c2ccccc21. The standard InChI is InChI=1S/C25H28N2O6/c1-27(33-15-23(28)29)24(30)20-12-6-7-13-22(20)26-25(31)32-14-21-18-10-4-2-8-16(18)17-9-3-5-11-19(17)21/h2-5,8-11,20-22H,6-7,12-15H2,1H3,(H,26,31)(H,28,29)/t20-,22+/m1/s1. The number of carboxylic acid groups (broad SMARTS) is 1. The van der Waals surface area contributed by atoms with Gasteiger partial charge in [-0.1, -0.05) is 61.4 Å². The van der Waals surface area contributed by atoms with Crippen LogP contribution in [0.25, 0.3) is 11.1 Å². The molecule has 2 amide bonds. The van der Waals surface area contributed by atoms with Crippen LogP contribution in [-0.2, 0) is 19.2 Å². The molecule has 8 heteroatoms. The number of carbonyl (C=O) groups excluding carboxylic acids is 2. The second kappa shape index (κ2) is 10.0. The molecule has 0 heterocycles. The summed E-state index contributed by atoms with van der Waals surface area (Å²) in [6, 6.07) is 15.9. The number of nitrogens with one attached hydrogen (secondary N) is 1. The fraction of sp³-hybridized carbons (Fsp3) is 0.400. The van der Waals surface area contributed by atoms with Crippen LogP contribution in [0, 0.1) is 5.92 Å². The van der Waals surface area contributed by atoms with Gasteiger partial charge in [0.1, 0.15) is 6.61 Å². The van der Waals surface area contributed by atoms with Crippen LogP contribution >= 0.6 is 0 Å². The lowest BCUT2D eigenvalue weighted by Gasteiger charge is -2.33. The number of hydroxylamine groups is 2. The number of ether oxygens (including phenoxy) is 1. The molecule has 0 aromatic heterocycles. The van der Waals surface area contributed by atoms with Crippen molar-refractivity contribution in [2.24, 2.45) is 5.92 Å². The van der Waals surface area contributed by atoms with Gasteiger partial charge in [-0.2, -0.15) is 0 Å². The van der Waals surface area contributed by atoms with E-state index in [1.165, 1.54) is 7.05 Å². The molecular formula is C25H28N2O6. The molecule has 4 rings (SSSR count). The largest absolute Gasteiger partial charge is 0.479 e. The van der Waals surface area contributed by atoms with E-state index in [4.69, 9.17) is 14.7 Å². The van der Waals surface area contributed by atoms with E-state index >= 15 is 0 Å². The Kier molecular flexibility index (Phi) is 6.93. The van der Waals surface area contributed by atoms with Gasteiger partial charge in [0.05, 0.1) is 5.92 Å². The summed E-state index contributed by atoms with van der Waals surface area (Å²) in [5.74, 6) is -2.04. The fourth-order valence-electron chi connectivity index (χ4n) is 4.84. The van der Waals surface area contributed by atoms with E-state index in [-0.39, 0.29) is 18.4 Å². The van der Waals surface area contributed by atoms with Crippen molar-refractivity contribution in [2.45, 2.75) is 37.6 Å². The Morgan fingerprint density at radius 3 is 2.24 bits per heavy atom. The zero-order chi connectivity index (χ0) is 23.4. The first-order valence-electron chi connectivity index (χ1n) is 11.2. The predicted molar refractivity (Wildman–Crippen MR) is 120 cm³/mol. The highest BCUT2D eigenvalue weighted by Crippen LogP contribution is 2.44. The molecule has 33 heavy (non-hydrogen) atoms. The molecular weight excluding hydrogens is 424 g/mol. The van der Waals surface area contributed by atoms with E-state index in [9.17, 15) is 14.4 Å². The number of benzene rings is 2. The first kappa shape index (κ1) is 22.8. The molecule has 0 unspecified atom stereocenters. The van der Waals surface area contributed by atoms with Crippen molar-refractivity contribution in [3.05, 3.63) is 59.7 Å². The maximum Gasteiger partial charge on any atom is 0.407 e. The maximum absolute atomic E-state index is 12.8. The molecule has 2 aromatic rings.